The van der Waals surface area contributed by atoms with Crippen LogP contribution in [0.25, 0.3) is 0 Å². The van der Waals surface area contributed by atoms with Crippen LogP contribution in [0.3, 0.4) is 0 Å². The summed E-state index contributed by atoms with van der Waals surface area (Å²) < 4.78 is 10.6. The smallest absolute Gasteiger partial charge is 0.270 e. The molecule has 0 bridgehead atoms. The third-order valence-electron chi connectivity index (χ3n) is 4.21. The molecule has 1 aromatic heterocycles. The number of nitrogens with zero attached hydrogens (tertiary/aromatic N) is 2. The summed E-state index contributed by atoms with van der Waals surface area (Å²) in [4.78, 5) is 16.6. The molecule has 2 aromatic carbocycles. The number of hydrogen-bond acceptors (Lipinski definition) is 6. The highest BCUT2D eigenvalue weighted by Crippen LogP contribution is 2.32. The molecule has 1 aliphatic rings. The average molecular weight is 372 g/mol. The van der Waals surface area contributed by atoms with E-state index in [1.54, 1.807) is 36.5 Å². The van der Waals surface area contributed by atoms with Gasteiger partial charge in [0.2, 0.25) is 6.79 Å². The van der Waals surface area contributed by atoms with Crippen LogP contribution in [0.5, 0.6) is 11.5 Å². The average Bonchev–Trinajstić information content (AvgIpc) is 3.20. The van der Waals surface area contributed by atoms with Crippen molar-refractivity contribution in [3.05, 3.63) is 77.6 Å². The lowest BCUT2D eigenvalue weighted by Gasteiger charge is -2.10. The molecule has 0 spiro atoms. The molecule has 0 radical (unpaired) electrons. The van der Waals surface area contributed by atoms with Crippen LogP contribution in [0.15, 0.2) is 60.8 Å². The summed E-state index contributed by atoms with van der Waals surface area (Å²) in [6.45, 7) is 0.551. The van der Waals surface area contributed by atoms with Crippen LogP contribution in [0.1, 0.15) is 21.6 Å². The van der Waals surface area contributed by atoms with Crippen molar-refractivity contribution < 1.29 is 14.3 Å². The highest BCUT2D eigenvalue weighted by atomic mass is 16.7. The van der Waals surface area contributed by atoms with Crippen LogP contribution in [0.2, 0.25) is 0 Å². The van der Waals surface area contributed by atoms with Gasteiger partial charge in [0.15, 0.2) is 11.5 Å². The maximum atomic E-state index is 12.5. The van der Waals surface area contributed by atoms with Crippen LogP contribution >= 0.6 is 0 Å². The van der Waals surface area contributed by atoms with Gasteiger partial charge in [-0.15, -0.1) is 0 Å². The minimum Gasteiger partial charge on any atom is -0.454 e. The van der Waals surface area contributed by atoms with E-state index in [1.165, 1.54) is 0 Å². The number of anilines is 2. The highest BCUT2D eigenvalue weighted by molar-refractivity contribution is 5.93. The van der Waals surface area contributed by atoms with E-state index in [0.717, 1.165) is 5.56 Å². The van der Waals surface area contributed by atoms with E-state index in [4.69, 9.17) is 9.47 Å². The van der Waals surface area contributed by atoms with Gasteiger partial charge in [-0.3, -0.25) is 9.78 Å². The fourth-order valence-electron chi connectivity index (χ4n) is 2.80. The Hall–Kier alpha value is -4.05. The Balaban J connectivity index is 1.43. The zero-order chi connectivity index (χ0) is 19.3. The molecule has 138 valence electrons. The van der Waals surface area contributed by atoms with E-state index < -0.39 is 0 Å². The minimum atomic E-state index is -0.296. The molecule has 1 aliphatic heterocycles. The van der Waals surface area contributed by atoms with Crippen molar-refractivity contribution in [2.45, 2.75) is 6.54 Å². The molecule has 0 saturated carbocycles. The maximum Gasteiger partial charge on any atom is 0.270 e. The van der Waals surface area contributed by atoms with Crippen molar-refractivity contribution >= 4 is 17.3 Å². The molecule has 28 heavy (non-hydrogen) atoms. The Labute approximate surface area is 161 Å². The summed E-state index contributed by atoms with van der Waals surface area (Å²) in [6, 6.07) is 18.2. The van der Waals surface area contributed by atoms with Crippen molar-refractivity contribution in [2.75, 3.05) is 12.1 Å². The van der Waals surface area contributed by atoms with Gasteiger partial charge >= 0.3 is 0 Å². The first kappa shape index (κ1) is 17.4. The molecule has 1 amide bonds. The van der Waals surface area contributed by atoms with Gasteiger partial charge in [-0.05, 0) is 42.0 Å². The summed E-state index contributed by atoms with van der Waals surface area (Å²) in [5.74, 6) is 1.08. The number of carbonyl (C=O) groups excluding carboxylic acids is 1. The number of rotatable bonds is 5. The Morgan fingerprint density at radius 1 is 1.11 bits per heavy atom. The van der Waals surface area contributed by atoms with Gasteiger partial charge in [0.1, 0.15) is 11.8 Å². The number of nitriles is 1. The van der Waals surface area contributed by atoms with Crippen molar-refractivity contribution in [2.24, 2.45) is 0 Å². The van der Waals surface area contributed by atoms with Gasteiger partial charge in [0, 0.05) is 18.4 Å². The maximum absolute atomic E-state index is 12.5. The number of para-hydroxylation sites is 1. The molecule has 2 heterocycles. The van der Waals surface area contributed by atoms with Crippen LogP contribution in [0.4, 0.5) is 11.4 Å². The Morgan fingerprint density at radius 3 is 2.86 bits per heavy atom. The van der Waals surface area contributed by atoms with Crippen LogP contribution in [-0.2, 0) is 6.54 Å². The van der Waals surface area contributed by atoms with E-state index in [0.29, 0.717) is 35.0 Å². The number of pyridine rings is 1. The lowest BCUT2D eigenvalue weighted by molar-refractivity contribution is 0.0946. The summed E-state index contributed by atoms with van der Waals surface area (Å²) in [7, 11) is 0. The summed E-state index contributed by atoms with van der Waals surface area (Å²) >= 11 is 0. The number of carbonyl (C=O) groups is 1. The van der Waals surface area contributed by atoms with Gasteiger partial charge in [-0.2, -0.15) is 5.26 Å². The van der Waals surface area contributed by atoms with Crippen molar-refractivity contribution in [1.82, 2.24) is 10.3 Å². The number of amides is 1. The predicted octanol–water partition coefficient (Wildman–Crippen LogP) is 3.36. The molecule has 0 fully saturated rings. The molecular weight excluding hydrogens is 356 g/mol. The zero-order valence-electron chi connectivity index (χ0n) is 14.8. The highest BCUT2D eigenvalue weighted by Gasteiger charge is 2.14. The molecule has 4 rings (SSSR count). The van der Waals surface area contributed by atoms with Crippen LogP contribution in [0, 0.1) is 11.3 Å². The van der Waals surface area contributed by atoms with E-state index in [2.05, 4.69) is 21.7 Å². The minimum absolute atomic E-state index is 0.212. The first-order valence-electron chi connectivity index (χ1n) is 8.62. The number of benzene rings is 2. The number of nitrogens with one attached hydrogen (secondary N) is 2. The third kappa shape index (κ3) is 3.71. The van der Waals surface area contributed by atoms with Crippen molar-refractivity contribution in [1.29, 1.82) is 5.26 Å². The lowest BCUT2D eigenvalue weighted by Crippen LogP contribution is -2.23. The second-order valence-corrected chi connectivity index (χ2v) is 6.08. The van der Waals surface area contributed by atoms with E-state index in [9.17, 15) is 10.1 Å². The lowest BCUT2D eigenvalue weighted by atomic mass is 10.2. The third-order valence-corrected chi connectivity index (χ3v) is 4.21. The van der Waals surface area contributed by atoms with E-state index in [1.807, 2.05) is 24.3 Å². The monoisotopic (exact) mass is 372 g/mol. The molecule has 0 atom stereocenters. The van der Waals surface area contributed by atoms with Gasteiger partial charge in [-0.25, -0.2) is 0 Å². The van der Waals surface area contributed by atoms with Gasteiger partial charge < -0.3 is 20.1 Å². The van der Waals surface area contributed by atoms with E-state index >= 15 is 0 Å². The van der Waals surface area contributed by atoms with Gasteiger partial charge in [0.25, 0.3) is 5.91 Å². The quantitative estimate of drug-likeness (QED) is 0.713. The molecule has 3 aromatic rings. The van der Waals surface area contributed by atoms with Gasteiger partial charge in [-0.1, -0.05) is 18.2 Å². The molecule has 7 nitrogen and oxygen atoms in total. The SMILES string of the molecule is N#Cc1ccccc1Nc1ccnc(C(=O)NCc2ccc3c(c2)OCO3)c1. The molecule has 0 aliphatic carbocycles. The molecule has 0 saturated heterocycles. The molecule has 2 N–H and O–H groups in total. The first-order chi connectivity index (χ1) is 13.7. The Kier molecular flexibility index (Phi) is 4.76. The first-order valence-corrected chi connectivity index (χ1v) is 8.62. The summed E-state index contributed by atoms with van der Waals surface area (Å²) in [6.07, 6.45) is 1.55. The fraction of sp³-hybridized carbons (Fsp3) is 0.0952. The predicted molar refractivity (Wildman–Crippen MR) is 102 cm³/mol. The number of fused-ring (bicyclic) bond motifs is 1. The van der Waals surface area contributed by atoms with E-state index in [-0.39, 0.29) is 18.4 Å². The number of hydrogen-bond donors (Lipinski definition) is 2. The fourth-order valence-corrected chi connectivity index (χ4v) is 2.80. The molecule has 0 unspecified atom stereocenters. The van der Waals surface area contributed by atoms with Crippen LogP contribution < -0.4 is 20.1 Å². The summed E-state index contributed by atoms with van der Waals surface area (Å²) in [5, 5.41) is 15.2. The normalized spacial score (nSPS) is 11.5. The molecule has 7 heteroatoms. The topological polar surface area (TPSA) is 96.3 Å². The number of ether oxygens (including phenoxy) is 2. The molecular formula is C21H16N4O3. The van der Waals surface area contributed by atoms with Crippen molar-refractivity contribution in [3.8, 4) is 17.6 Å². The van der Waals surface area contributed by atoms with Crippen LogP contribution in [-0.4, -0.2) is 17.7 Å². The summed E-state index contributed by atoms with van der Waals surface area (Å²) in [5.41, 5.74) is 3.04. The largest absolute Gasteiger partial charge is 0.454 e. The second kappa shape index (κ2) is 7.68. The number of aromatic nitrogens is 1. The Bertz CT molecular complexity index is 1080. The zero-order valence-corrected chi connectivity index (χ0v) is 14.8. The Morgan fingerprint density at radius 2 is 1.96 bits per heavy atom. The van der Waals surface area contributed by atoms with Gasteiger partial charge in [0.05, 0.1) is 11.3 Å². The second-order valence-electron chi connectivity index (χ2n) is 6.08. The van der Waals surface area contributed by atoms with Crippen molar-refractivity contribution in [3.63, 3.8) is 0 Å². The standard InChI is InChI=1S/C21H16N4O3/c22-11-15-3-1-2-4-17(15)25-16-7-8-23-18(10-16)21(26)24-12-14-5-6-19-20(9-14)28-13-27-19/h1-10H,12-13H2,(H,23,25)(H,24,26).